The number of halogens is 1. The highest BCUT2D eigenvalue weighted by Crippen LogP contribution is 2.35. The van der Waals surface area contributed by atoms with Crippen molar-refractivity contribution in [1.29, 1.82) is 0 Å². The summed E-state index contributed by atoms with van der Waals surface area (Å²) in [4.78, 5) is 14.4. The molecule has 0 radical (unpaired) electrons. The summed E-state index contributed by atoms with van der Waals surface area (Å²) in [5, 5.41) is 7.60. The van der Waals surface area contributed by atoms with Crippen molar-refractivity contribution in [3.05, 3.63) is 58.9 Å². The molecule has 1 aromatic heterocycles. The minimum absolute atomic E-state index is 0.0255. The molecule has 1 aromatic carbocycles. The van der Waals surface area contributed by atoms with Gasteiger partial charge in [-0.25, -0.2) is 8.42 Å². The van der Waals surface area contributed by atoms with Crippen LogP contribution in [0.2, 0.25) is 5.02 Å². The van der Waals surface area contributed by atoms with Crippen molar-refractivity contribution in [2.45, 2.75) is 24.6 Å². The lowest BCUT2D eigenvalue weighted by atomic mass is 10.0. The molecule has 28 heavy (non-hydrogen) atoms. The zero-order chi connectivity index (χ0) is 19.7. The first-order valence-corrected chi connectivity index (χ1v) is 11.1. The van der Waals surface area contributed by atoms with Gasteiger partial charge in [-0.2, -0.15) is 14.5 Å². The predicted octanol–water partition coefficient (Wildman–Crippen LogP) is 2.20. The second-order valence-electron chi connectivity index (χ2n) is 7.27. The molecule has 7 nitrogen and oxygen atoms in total. The summed E-state index contributed by atoms with van der Waals surface area (Å²) in [7, 11) is -3.41. The van der Waals surface area contributed by atoms with E-state index in [4.69, 9.17) is 11.6 Å². The smallest absolute Gasteiger partial charge is 0.255 e. The van der Waals surface area contributed by atoms with Crippen LogP contribution in [0.15, 0.2) is 42.7 Å². The summed E-state index contributed by atoms with van der Waals surface area (Å²) < 4.78 is 27.7. The number of nitrogens with zero attached hydrogens (tertiary/aromatic N) is 4. The van der Waals surface area contributed by atoms with Crippen LogP contribution in [0.3, 0.4) is 0 Å². The van der Waals surface area contributed by atoms with Crippen LogP contribution >= 0.6 is 11.6 Å². The van der Waals surface area contributed by atoms with E-state index < -0.39 is 15.3 Å². The van der Waals surface area contributed by atoms with E-state index in [1.807, 2.05) is 12.1 Å². The number of benzene rings is 1. The third-order valence-electron chi connectivity index (χ3n) is 5.53. The number of sulfonamides is 1. The Morgan fingerprint density at radius 3 is 2.75 bits per heavy atom. The number of amides is 1. The number of fused-ring (bicyclic) bond motifs is 1. The van der Waals surface area contributed by atoms with Gasteiger partial charge in [0.15, 0.2) is 0 Å². The molecule has 0 spiro atoms. The predicted molar refractivity (Wildman–Crippen MR) is 105 cm³/mol. The molecule has 2 aromatic rings. The molecule has 2 saturated heterocycles. The summed E-state index contributed by atoms with van der Waals surface area (Å²) >= 11 is 6.03. The number of carbonyl (C=O) groups is 1. The normalized spacial score (nSPS) is 24.5. The van der Waals surface area contributed by atoms with Crippen molar-refractivity contribution in [1.82, 2.24) is 19.4 Å². The Morgan fingerprint density at radius 2 is 2.00 bits per heavy atom. The monoisotopic (exact) mass is 420 g/mol. The first kappa shape index (κ1) is 19.3. The molecule has 0 N–H and O–H groups in total. The first-order valence-electron chi connectivity index (χ1n) is 9.24. The molecule has 2 aliphatic rings. The van der Waals surface area contributed by atoms with Gasteiger partial charge in [0.2, 0.25) is 10.0 Å². The van der Waals surface area contributed by atoms with Gasteiger partial charge in [-0.15, -0.1) is 0 Å². The van der Waals surface area contributed by atoms with Crippen molar-refractivity contribution in [2.75, 3.05) is 19.6 Å². The summed E-state index contributed by atoms with van der Waals surface area (Å²) in [6.45, 7) is 1.79. The van der Waals surface area contributed by atoms with Crippen LogP contribution in [0.25, 0.3) is 0 Å². The van der Waals surface area contributed by atoms with Crippen LogP contribution in [0, 0.1) is 5.92 Å². The highest BCUT2D eigenvalue weighted by atomic mass is 35.5. The maximum Gasteiger partial charge on any atom is 0.255 e. The Bertz CT molecular complexity index is 970. The van der Waals surface area contributed by atoms with Crippen molar-refractivity contribution >= 4 is 27.5 Å². The topological polar surface area (TPSA) is 83.5 Å². The van der Waals surface area contributed by atoms with E-state index in [9.17, 15) is 13.2 Å². The van der Waals surface area contributed by atoms with Gasteiger partial charge in [-0.05, 0) is 42.5 Å². The number of carbonyl (C=O) groups excluding carboxylic acids is 1. The van der Waals surface area contributed by atoms with E-state index in [0.717, 1.165) is 5.56 Å². The van der Waals surface area contributed by atoms with Gasteiger partial charge in [0, 0.05) is 31.2 Å². The Morgan fingerprint density at radius 1 is 1.18 bits per heavy atom. The second-order valence-corrected chi connectivity index (χ2v) is 9.85. The molecule has 3 heterocycles. The van der Waals surface area contributed by atoms with Gasteiger partial charge >= 0.3 is 0 Å². The Hall–Kier alpha value is -2.03. The molecule has 4 rings (SSSR count). The third kappa shape index (κ3) is 3.76. The summed E-state index contributed by atoms with van der Waals surface area (Å²) in [5.74, 6) is -0.0967. The number of likely N-dealkylation sites (tertiary alicyclic amines) is 1. The molecular formula is C19H21ClN4O3S. The number of hydrogen-bond donors (Lipinski definition) is 0. The maximum atomic E-state index is 13.1. The zero-order valence-electron chi connectivity index (χ0n) is 15.2. The molecule has 0 aliphatic carbocycles. The van der Waals surface area contributed by atoms with Crippen LogP contribution in [-0.2, 0) is 16.6 Å². The van der Waals surface area contributed by atoms with Crippen LogP contribution in [-0.4, -0.2) is 58.6 Å². The highest BCUT2D eigenvalue weighted by Gasteiger charge is 2.47. The third-order valence-corrected chi connectivity index (χ3v) is 8.14. The second kappa shape index (κ2) is 7.77. The number of aromatic nitrogens is 2. The van der Waals surface area contributed by atoms with Crippen molar-refractivity contribution in [2.24, 2.45) is 5.92 Å². The lowest BCUT2D eigenvalue weighted by Gasteiger charge is -2.22. The Balaban J connectivity index is 1.46. The average Bonchev–Trinajstić information content (AvgIpc) is 2.83. The number of rotatable bonds is 3. The SMILES string of the molecule is O=C(c1ccnnc1)N1CC[C@@H]2CN(Cc3cccc(Cl)c3)S(=O)(=O)[C@@H]2CC1. The van der Waals surface area contributed by atoms with Crippen LogP contribution in [0.4, 0.5) is 0 Å². The van der Waals surface area contributed by atoms with Gasteiger partial charge in [0.1, 0.15) is 0 Å². The molecular weight excluding hydrogens is 400 g/mol. The molecule has 2 aliphatic heterocycles. The van der Waals surface area contributed by atoms with Crippen LogP contribution in [0.5, 0.6) is 0 Å². The fourth-order valence-electron chi connectivity index (χ4n) is 4.09. The van der Waals surface area contributed by atoms with E-state index in [1.54, 1.807) is 27.4 Å². The van der Waals surface area contributed by atoms with E-state index >= 15 is 0 Å². The van der Waals surface area contributed by atoms with Crippen molar-refractivity contribution in [3.8, 4) is 0 Å². The van der Waals surface area contributed by atoms with Crippen molar-refractivity contribution < 1.29 is 13.2 Å². The van der Waals surface area contributed by atoms with Crippen molar-refractivity contribution in [3.63, 3.8) is 0 Å². The molecule has 2 fully saturated rings. The summed E-state index contributed by atoms with van der Waals surface area (Å²) in [6.07, 6.45) is 4.04. The number of hydrogen-bond acceptors (Lipinski definition) is 5. The zero-order valence-corrected chi connectivity index (χ0v) is 16.8. The molecule has 2 atom stereocenters. The Labute approximate surface area is 169 Å². The molecule has 0 bridgehead atoms. The van der Waals surface area contributed by atoms with Gasteiger partial charge in [0.25, 0.3) is 5.91 Å². The quantitative estimate of drug-likeness (QED) is 0.760. The van der Waals surface area contributed by atoms with Gasteiger partial charge < -0.3 is 4.90 Å². The van der Waals surface area contributed by atoms with Crippen LogP contribution < -0.4 is 0 Å². The minimum Gasteiger partial charge on any atom is -0.339 e. The maximum absolute atomic E-state index is 13.1. The van der Waals surface area contributed by atoms with E-state index in [-0.39, 0.29) is 11.8 Å². The van der Waals surface area contributed by atoms with Crippen LogP contribution in [0.1, 0.15) is 28.8 Å². The molecule has 9 heteroatoms. The summed E-state index contributed by atoms with van der Waals surface area (Å²) in [5.41, 5.74) is 1.36. The molecule has 0 saturated carbocycles. The first-order chi connectivity index (χ1) is 13.4. The standard InChI is InChI=1S/C19H21ClN4O3S/c20-17-3-1-2-14(10-17)12-24-13-16-5-8-23(9-6-18(16)28(24,26)27)19(25)15-4-7-21-22-11-15/h1-4,7,10-11,16,18H,5-6,8-9,12-13H2/t16-,18-/m1/s1. The Kier molecular flexibility index (Phi) is 5.35. The van der Waals surface area contributed by atoms with E-state index in [2.05, 4.69) is 10.2 Å². The van der Waals surface area contributed by atoms with E-state index in [0.29, 0.717) is 49.6 Å². The van der Waals surface area contributed by atoms with Gasteiger partial charge in [0.05, 0.1) is 23.2 Å². The fourth-order valence-corrected chi connectivity index (χ4v) is 6.53. The highest BCUT2D eigenvalue weighted by molar-refractivity contribution is 7.90. The molecule has 1 amide bonds. The van der Waals surface area contributed by atoms with E-state index in [1.165, 1.54) is 12.4 Å². The summed E-state index contributed by atoms with van der Waals surface area (Å²) in [6, 6.07) is 8.92. The molecule has 0 unspecified atom stereocenters. The average molecular weight is 421 g/mol. The molecule has 148 valence electrons. The fraction of sp³-hybridized carbons (Fsp3) is 0.421. The largest absolute Gasteiger partial charge is 0.339 e. The van der Waals surface area contributed by atoms with Gasteiger partial charge in [-0.1, -0.05) is 23.7 Å². The minimum atomic E-state index is -3.41. The lowest BCUT2D eigenvalue weighted by Crippen LogP contribution is -2.34. The van der Waals surface area contributed by atoms with Gasteiger partial charge in [-0.3, -0.25) is 4.79 Å². The lowest BCUT2D eigenvalue weighted by molar-refractivity contribution is 0.0758.